The lowest BCUT2D eigenvalue weighted by atomic mass is 10.1. The molecule has 0 aliphatic heterocycles. The lowest BCUT2D eigenvalue weighted by Crippen LogP contribution is -2.48. The van der Waals surface area contributed by atoms with E-state index in [-0.39, 0.29) is 11.9 Å². The molecule has 5 nitrogen and oxygen atoms in total. The number of rotatable bonds is 5. The summed E-state index contributed by atoms with van der Waals surface area (Å²) in [5.74, 6) is -1.16. The van der Waals surface area contributed by atoms with Gasteiger partial charge in [-0.15, -0.1) is 0 Å². The minimum Gasteiger partial charge on any atom is -0.480 e. The quantitative estimate of drug-likeness (QED) is 0.859. The third kappa shape index (κ3) is 4.03. The largest absolute Gasteiger partial charge is 0.480 e. The van der Waals surface area contributed by atoms with Gasteiger partial charge in [-0.05, 0) is 28.3 Å². The number of nitrogens with zero attached hydrogens (tertiary/aromatic N) is 1. The first-order valence-corrected chi connectivity index (χ1v) is 6.61. The summed E-state index contributed by atoms with van der Waals surface area (Å²) in [7, 11) is 1.65. The predicted octanol–water partition coefficient (Wildman–Crippen LogP) is 2.00. The lowest BCUT2D eigenvalue weighted by Gasteiger charge is -2.23. The van der Waals surface area contributed by atoms with Gasteiger partial charge in [-0.2, -0.15) is 11.3 Å². The maximum absolute atomic E-state index is 11.8. The molecule has 1 heterocycles. The normalized spacial score (nSPS) is 12.2. The number of aliphatic carboxylic acids is 1. The van der Waals surface area contributed by atoms with E-state index < -0.39 is 12.0 Å². The maximum atomic E-state index is 11.8. The average Bonchev–Trinajstić information content (AvgIpc) is 2.77. The van der Waals surface area contributed by atoms with Crippen molar-refractivity contribution in [1.29, 1.82) is 0 Å². The van der Waals surface area contributed by atoms with Crippen LogP contribution in [0.5, 0.6) is 0 Å². The van der Waals surface area contributed by atoms with Crippen molar-refractivity contribution in [2.75, 3.05) is 7.05 Å². The number of urea groups is 1. The zero-order valence-corrected chi connectivity index (χ0v) is 11.5. The summed E-state index contributed by atoms with van der Waals surface area (Å²) in [6.07, 6.45) is 0. The summed E-state index contributed by atoms with van der Waals surface area (Å²) >= 11 is 1.56. The molecule has 1 aromatic rings. The summed E-state index contributed by atoms with van der Waals surface area (Å²) in [5.41, 5.74) is 1.04. The first kappa shape index (κ1) is 14.5. The molecule has 0 unspecified atom stereocenters. The Morgan fingerprint density at radius 1 is 1.50 bits per heavy atom. The highest BCUT2D eigenvalue weighted by Crippen LogP contribution is 2.09. The predicted molar refractivity (Wildman–Crippen MR) is 70.6 cm³/mol. The third-order valence-electron chi connectivity index (χ3n) is 2.56. The van der Waals surface area contributed by atoms with E-state index in [2.05, 4.69) is 5.32 Å². The Hall–Kier alpha value is -1.56. The van der Waals surface area contributed by atoms with Gasteiger partial charge in [-0.3, -0.25) is 0 Å². The number of carboxylic acids is 1. The highest BCUT2D eigenvalue weighted by molar-refractivity contribution is 7.07. The number of thiophene rings is 1. The number of hydrogen-bond acceptors (Lipinski definition) is 3. The molecule has 18 heavy (non-hydrogen) atoms. The van der Waals surface area contributed by atoms with E-state index in [0.29, 0.717) is 6.54 Å². The average molecular weight is 270 g/mol. The number of amides is 2. The molecular formula is C12H18N2O3S. The van der Waals surface area contributed by atoms with E-state index in [1.54, 1.807) is 32.2 Å². The summed E-state index contributed by atoms with van der Waals surface area (Å²) in [6.45, 7) is 4.00. The first-order chi connectivity index (χ1) is 8.41. The molecule has 1 rings (SSSR count). The van der Waals surface area contributed by atoms with Crippen LogP contribution in [0.3, 0.4) is 0 Å². The van der Waals surface area contributed by atoms with Gasteiger partial charge in [0.25, 0.3) is 0 Å². The smallest absolute Gasteiger partial charge is 0.326 e. The molecule has 0 spiro atoms. The molecule has 0 aliphatic rings. The molecule has 0 aromatic carbocycles. The second kappa shape index (κ2) is 6.39. The molecule has 0 saturated heterocycles. The highest BCUT2D eigenvalue weighted by atomic mass is 32.1. The number of carbonyl (C=O) groups excluding carboxylic acids is 1. The second-order valence-electron chi connectivity index (χ2n) is 4.50. The molecule has 0 aliphatic carbocycles. The van der Waals surface area contributed by atoms with Gasteiger partial charge in [0.15, 0.2) is 0 Å². The minimum absolute atomic E-state index is 0.152. The van der Waals surface area contributed by atoms with E-state index in [0.717, 1.165) is 5.56 Å². The highest BCUT2D eigenvalue weighted by Gasteiger charge is 2.24. The van der Waals surface area contributed by atoms with E-state index in [1.165, 1.54) is 4.90 Å². The minimum atomic E-state index is -1.01. The Balaban J connectivity index is 2.56. The van der Waals surface area contributed by atoms with Crippen LogP contribution < -0.4 is 5.32 Å². The van der Waals surface area contributed by atoms with Crippen molar-refractivity contribution in [1.82, 2.24) is 10.2 Å². The number of carbonyl (C=O) groups is 2. The zero-order valence-electron chi connectivity index (χ0n) is 10.7. The van der Waals surface area contributed by atoms with Gasteiger partial charge in [-0.1, -0.05) is 13.8 Å². The monoisotopic (exact) mass is 270 g/mol. The second-order valence-corrected chi connectivity index (χ2v) is 5.28. The molecule has 0 saturated carbocycles. The van der Waals surface area contributed by atoms with E-state index in [9.17, 15) is 9.59 Å². The zero-order chi connectivity index (χ0) is 13.7. The standard InChI is InChI=1S/C12H18N2O3S/c1-8(2)10(11(15)16)13-12(17)14(3)6-9-4-5-18-7-9/h4-5,7-8,10H,6H2,1-3H3,(H,13,17)(H,15,16)/t10-/m1/s1. The molecule has 100 valence electrons. The number of carboxylic acid groups (broad SMARTS) is 1. The Labute approximate surface area is 110 Å². The van der Waals surface area contributed by atoms with Crippen LogP contribution in [0.4, 0.5) is 4.79 Å². The van der Waals surface area contributed by atoms with Crippen LogP contribution in [0, 0.1) is 5.92 Å². The number of hydrogen-bond donors (Lipinski definition) is 2. The van der Waals surface area contributed by atoms with Crippen molar-refractivity contribution in [2.24, 2.45) is 5.92 Å². The van der Waals surface area contributed by atoms with E-state index in [1.807, 2.05) is 16.8 Å². The van der Waals surface area contributed by atoms with Crippen LogP contribution in [0.15, 0.2) is 16.8 Å². The summed E-state index contributed by atoms with van der Waals surface area (Å²) < 4.78 is 0. The molecule has 6 heteroatoms. The van der Waals surface area contributed by atoms with Crippen molar-refractivity contribution in [3.63, 3.8) is 0 Å². The fourth-order valence-electron chi connectivity index (χ4n) is 1.49. The van der Waals surface area contributed by atoms with Gasteiger partial charge < -0.3 is 15.3 Å². The lowest BCUT2D eigenvalue weighted by molar-refractivity contribution is -0.140. The van der Waals surface area contributed by atoms with E-state index in [4.69, 9.17) is 5.11 Å². The molecule has 2 amide bonds. The Morgan fingerprint density at radius 2 is 2.17 bits per heavy atom. The Kier molecular flexibility index (Phi) is 5.15. The fraction of sp³-hybridized carbons (Fsp3) is 0.500. The maximum Gasteiger partial charge on any atom is 0.326 e. The number of nitrogens with one attached hydrogen (secondary N) is 1. The molecule has 1 aromatic heterocycles. The van der Waals surface area contributed by atoms with Crippen molar-refractivity contribution < 1.29 is 14.7 Å². The van der Waals surface area contributed by atoms with Crippen LogP contribution >= 0.6 is 11.3 Å². The van der Waals surface area contributed by atoms with E-state index >= 15 is 0 Å². The summed E-state index contributed by atoms with van der Waals surface area (Å²) in [6, 6.07) is 0.704. The first-order valence-electron chi connectivity index (χ1n) is 5.67. The fourth-order valence-corrected chi connectivity index (χ4v) is 2.14. The van der Waals surface area contributed by atoms with Gasteiger partial charge in [0.05, 0.1) is 0 Å². The van der Waals surface area contributed by atoms with Crippen LogP contribution in [-0.2, 0) is 11.3 Å². The van der Waals surface area contributed by atoms with Gasteiger partial charge in [-0.25, -0.2) is 9.59 Å². The van der Waals surface area contributed by atoms with Crippen LogP contribution in [0.1, 0.15) is 19.4 Å². The molecule has 1 atom stereocenters. The Morgan fingerprint density at radius 3 is 2.61 bits per heavy atom. The summed E-state index contributed by atoms with van der Waals surface area (Å²) in [4.78, 5) is 24.3. The van der Waals surface area contributed by atoms with Gasteiger partial charge >= 0.3 is 12.0 Å². The van der Waals surface area contributed by atoms with Gasteiger partial charge in [0, 0.05) is 13.6 Å². The van der Waals surface area contributed by atoms with Gasteiger partial charge in [0.2, 0.25) is 0 Å². The van der Waals surface area contributed by atoms with Crippen LogP contribution in [0.2, 0.25) is 0 Å². The van der Waals surface area contributed by atoms with Crippen LogP contribution in [-0.4, -0.2) is 35.1 Å². The molecule has 0 fully saturated rings. The van der Waals surface area contributed by atoms with Crippen molar-refractivity contribution in [2.45, 2.75) is 26.4 Å². The summed E-state index contributed by atoms with van der Waals surface area (Å²) in [5, 5.41) is 15.4. The van der Waals surface area contributed by atoms with Crippen molar-refractivity contribution in [3.05, 3.63) is 22.4 Å². The molecular weight excluding hydrogens is 252 g/mol. The van der Waals surface area contributed by atoms with Crippen LogP contribution in [0.25, 0.3) is 0 Å². The van der Waals surface area contributed by atoms with Crippen molar-refractivity contribution >= 4 is 23.3 Å². The molecule has 0 bridgehead atoms. The molecule has 0 radical (unpaired) electrons. The topological polar surface area (TPSA) is 69.6 Å². The Bertz CT molecular complexity index is 403. The SMILES string of the molecule is CC(C)[C@@H](NC(=O)N(C)Cc1ccsc1)C(=O)O. The van der Waals surface area contributed by atoms with Crippen molar-refractivity contribution in [3.8, 4) is 0 Å². The van der Waals surface area contributed by atoms with Gasteiger partial charge in [0.1, 0.15) is 6.04 Å². The molecule has 2 N–H and O–H groups in total. The third-order valence-corrected chi connectivity index (χ3v) is 3.29.